The van der Waals surface area contributed by atoms with Gasteiger partial charge in [-0.05, 0) is 43.8 Å². The molecular formula is C18H28N6O. The van der Waals surface area contributed by atoms with E-state index in [4.69, 9.17) is 0 Å². The van der Waals surface area contributed by atoms with E-state index < -0.39 is 0 Å². The van der Waals surface area contributed by atoms with Crippen molar-refractivity contribution in [3.63, 3.8) is 0 Å². The molecule has 0 saturated heterocycles. The van der Waals surface area contributed by atoms with Crippen LogP contribution in [-0.2, 0) is 6.54 Å². The molecule has 2 heterocycles. The van der Waals surface area contributed by atoms with E-state index in [-0.39, 0.29) is 6.03 Å². The highest BCUT2D eigenvalue weighted by atomic mass is 16.2. The number of carbonyl (C=O) groups is 1. The summed E-state index contributed by atoms with van der Waals surface area (Å²) in [6.07, 6.45) is 5.29. The summed E-state index contributed by atoms with van der Waals surface area (Å²) in [5.74, 6) is 1.17. The molecule has 0 radical (unpaired) electrons. The number of pyridine rings is 1. The Morgan fingerprint density at radius 2 is 2.08 bits per heavy atom. The number of likely N-dealkylation sites (N-methyl/N-ethyl adjacent to an activating group) is 1. The number of urea groups is 1. The van der Waals surface area contributed by atoms with E-state index >= 15 is 0 Å². The van der Waals surface area contributed by atoms with Gasteiger partial charge in [0.25, 0.3) is 0 Å². The molecule has 0 aliphatic rings. The van der Waals surface area contributed by atoms with Crippen molar-refractivity contribution in [2.75, 3.05) is 33.7 Å². The third-order valence-corrected chi connectivity index (χ3v) is 3.68. The molecule has 2 aromatic heterocycles. The van der Waals surface area contributed by atoms with Crippen molar-refractivity contribution in [2.24, 2.45) is 5.92 Å². The molecule has 0 atom stereocenters. The number of hydrogen-bond donors (Lipinski definition) is 1. The predicted octanol–water partition coefficient (Wildman–Crippen LogP) is 2.00. The van der Waals surface area contributed by atoms with Gasteiger partial charge in [-0.1, -0.05) is 13.8 Å². The van der Waals surface area contributed by atoms with Crippen LogP contribution < -0.4 is 5.32 Å². The van der Waals surface area contributed by atoms with Crippen LogP contribution in [0.15, 0.2) is 36.8 Å². The topological polar surface area (TPSA) is 66.3 Å². The van der Waals surface area contributed by atoms with Gasteiger partial charge in [-0.3, -0.25) is 0 Å². The van der Waals surface area contributed by atoms with Crippen LogP contribution in [0.3, 0.4) is 0 Å². The molecule has 0 aliphatic carbocycles. The zero-order chi connectivity index (χ0) is 18.2. The summed E-state index contributed by atoms with van der Waals surface area (Å²) in [6.45, 7) is 7.01. The molecule has 0 unspecified atom stereocenters. The fraction of sp³-hybridized carbons (Fsp3) is 0.500. The largest absolute Gasteiger partial charge is 0.334 e. The van der Waals surface area contributed by atoms with Gasteiger partial charge in [0.1, 0.15) is 0 Å². The maximum Gasteiger partial charge on any atom is 0.317 e. The van der Waals surface area contributed by atoms with Crippen molar-refractivity contribution in [3.8, 4) is 5.82 Å². The first-order chi connectivity index (χ1) is 12.0. The van der Waals surface area contributed by atoms with Crippen LogP contribution >= 0.6 is 0 Å². The Bertz CT molecular complexity index is 653. The molecule has 25 heavy (non-hydrogen) atoms. The number of amides is 2. The number of nitrogens with one attached hydrogen (secondary N) is 1. The first kappa shape index (κ1) is 18.9. The van der Waals surface area contributed by atoms with Gasteiger partial charge in [-0.2, -0.15) is 5.10 Å². The van der Waals surface area contributed by atoms with Crippen LogP contribution in [0.25, 0.3) is 5.82 Å². The molecule has 0 fully saturated rings. The fourth-order valence-corrected chi connectivity index (χ4v) is 2.43. The van der Waals surface area contributed by atoms with Gasteiger partial charge in [0.05, 0.1) is 0 Å². The first-order valence-electron chi connectivity index (χ1n) is 8.58. The third-order valence-electron chi connectivity index (χ3n) is 3.68. The van der Waals surface area contributed by atoms with Gasteiger partial charge in [0, 0.05) is 44.8 Å². The van der Waals surface area contributed by atoms with Gasteiger partial charge in [-0.25, -0.2) is 14.5 Å². The SMILES string of the molecule is CC(C)CN(CCN(C)C)C(=O)NCc1ccnc(-n2cccn2)c1. The molecule has 7 nitrogen and oxygen atoms in total. The number of hydrogen-bond acceptors (Lipinski definition) is 4. The van der Waals surface area contributed by atoms with Crippen molar-refractivity contribution in [1.29, 1.82) is 0 Å². The van der Waals surface area contributed by atoms with E-state index in [1.165, 1.54) is 0 Å². The van der Waals surface area contributed by atoms with Gasteiger partial charge in [-0.15, -0.1) is 0 Å². The maximum absolute atomic E-state index is 12.5. The Morgan fingerprint density at radius 3 is 2.72 bits per heavy atom. The second-order valence-corrected chi connectivity index (χ2v) is 6.77. The van der Waals surface area contributed by atoms with Crippen LogP contribution in [0.4, 0.5) is 4.79 Å². The van der Waals surface area contributed by atoms with Crippen molar-refractivity contribution >= 4 is 6.03 Å². The third kappa shape index (κ3) is 6.19. The summed E-state index contributed by atoms with van der Waals surface area (Å²) in [5.41, 5.74) is 0.992. The van der Waals surface area contributed by atoms with E-state index in [1.54, 1.807) is 17.1 Å². The van der Waals surface area contributed by atoms with Gasteiger partial charge < -0.3 is 15.1 Å². The second-order valence-electron chi connectivity index (χ2n) is 6.77. The first-order valence-corrected chi connectivity index (χ1v) is 8.58. The van der Waals surface area contributed by atoms with E-state index in [9.17, 15) is 4.79 Å². The number of rotatable bonds is 8. The molecule has 0 aromatic carbocycles. The van der Waals surface area contributed by atoms with Crippen molar-refractivity contribution in [2.45, 2.75) is 20.4 Å². The highest BCUT2D eigenvalue weighted by Gasteiger charge is 2.14. The minimum absolute atomic E-state index is 0.0343. The zero-order valence-corrected chi connectivity index (χ0v) is 15.5. The van der Waals surface area contributed by atoms with Crippen molar-refractivity contribution in [3.05, 3.63) is 42.4 Å². The Morgan fingerprint density at radius 1 is 1.28 bits per heavy atom. The van der Waals surface area contributed by atoms with E-state index in [0.717, 1.165) is 24.5 Å². The molecule has 2 amide bonds. The average molecular weight is 344 g/mol. The molecule has 1 N–H and O–H groups in total. The zero-order valence-electron chi connectivity index (χ0n) is 15.5. The molecule has 7 heteroatoms. The highest BCUT2D eigenvalue weighted by Crippen LogP contribution is 2.07. The lowest BCUT2D eigenvalue weighted by molar-refractivity contribution is 0.184. The Balaban J connectivity index is 1.96. The van der Waals surface area contributed by atoms with Gasteiger partial charge in [0.2, 0.25) is 0 Å². The minimum atomic E-state index is -0.0343. The molecule has 0 saturated carbocycles. The van der Waals surface area contributed by atoms with Crippen LogP contribution in [0.1, 0.15) is 19.4 Å². The molecule has 136 valence electrons. The van der Waals surface area contributed by atoms with Crippen LogP contribution in [0, 0.1) is 5.92 Å². The van der Waals surface area contributed by atoms with Crippen LogP contribution in [0.5, 0.6) is 0 Å². The number of aromatic nitrogens is 3. The maximum atomic E-state index is 12.5. The molecule has 0 spiro atoms. The molecule has 2 rings (SSSR count). The highest BCUT2D eigenvalue weighted by molar-refractivity contribution is 5.74. The van der Waals surface area contributed by atoms with Crippen molar-refractivity contribution < 1.29 is 4.79 Å². The summed E-state index contributed by atoms with van der Waals surface area (Å²) in [6, 6.07) is 5.65. The lowest BCUT2D eigenvalue weighted by Gasteiger charge is -2.26. The fourth-order valence-electron chi connectivity index (χ4n) is 2.43. The second kappa shape index (κ2) is 9.17. The molecular weight excluding hydrogens is 316 g/mol. The average Bonchev–Trinajstić information content (AvgIpc) is 3.11. The van der Waals surface area contributed by atoms with Gasteiger partial charge >= 0.3 is 6.03 Å². The summed E-state index contributed by atoms with van der Waals surface area (Å²) < 4.78 is 1.70. The predicted molar refractivity (Wildman–Crippen MR) is 98.6 cm³/mol. The molecule has 0 aliphatic heterocycles. The summed E-state index contributed by atoms with van der Waals surface area (Å²) in [7, 11) is 4.03. The van der Waals surface area contributed by atoms with E-state index in [0.29, 0.717) is 19.0 Å². The van der Waals surface area contributed by atoms with Crippen LogP contribution in [0.2, 0.25) is 0 Å². The number of carbonyl (C=O) groups excluding carboxylic acids is 1. The lowest BCUT2D eigenvalue weighted by Crippen LogP contribution is -2.44. The number of nitrogens with zero attached hydrogens (tertiary/aromatic N) is 5. The van der Waals surface area contributed by atoms with Gasteiger partial charge in [0.15, 0.2) is 5.82 Å². The monoisotopic (exact) mass is 344 g/mol. The summed E-state index contributed by atoms with van der Waals surface area (Å²) in [4.78, 5) is 20.8. The summed E-state index contributed by atoms with van der Waals surface area (Å²) >= 11 is 0. The normalized spacial score (nSPS) is 11.1. The molecule has 0 bridgehead atoms. The molecule has 2 aromatic rings. The summed E-state index contributed by atoms with van der Waals surface area (Å²) in [5, 5.41) is 7.19. The quantitative estimate of drug-likeness (QED) is 0.795. The Labute approximate surface area is 149 Å². The van der Waals surface area contributed by atoms with Crippen LogP contribution in [-0.4, -0.2) is 64.3 Å². The Kier molecular flexibility index (Phi) is 6.94. The minimum Gasteiger partial charge on any atom is -0.334 e. The van der Waals surface area contributed by atoms with E-state index in [2.05, 4.69) is 34.1 Å². The smallest absolute Gasteiger partial charge is 0.317 e. The van der Waals surface area contributed by atoms with Crippen molar-refractivity contribution in [1.82, 2.24) is 29.9 Å². The standard InChI is InChI=1S/C18H28N6O/c1-15(2)14-23(11-10-22(3)4)18(25)20-13-16-6-8-19-17(12-16)24-9-5-7-21-24/h5-9,12,15H,10-11,13-14H2,1-4H3,(H,20,25). The lowest BCUT2D eigenvalue weighted by atomic mass is 10.2. The Hall–Kier alpha value is -2.41. The van der Waals surface area contributed by atoms with E-state index in [1.807, 2.05) is 43.4 Å².